The number of carbonyl (C=O) groups excluding carboxylic acids is 1. The van der Waals surface area contributed by atoms with Crippen molar-refractivity contribution >= 4 is 22.2 Å². The topological polar surface area (TPSA) is 56.1 Å². The van der Waals surface area contributed by atoms with E-state index in [1.54, 1.807) is 4.90 Å². The molecule has 1 N–H and O–H groups in total. The van der Waals surface area contributed by atoms with Gasteiger partial charge in [-0.15, -0.1) is 11.3 Å². The van der Waals surface area contributed by atoms with Crippen molar-refractivity contribution in [3.05, 3.63) is 16.0 Å². The molecule has 1 aromatic heterocycles. The van der Waals surface area contributed by atoms with Gasteiger partial charge in [-0.3, -0.25) is 4.79 Å². The van der Waals surface area contributed by atoms with Gasteiger partial charge in [-0.05, 0) is 44.2 Å². The molecule has 3 rings (SSSR count). The third kappa shape index (κ3) is 4.15. The van der Waals surface area contributed by atoms with Crippen LogP contribution in [-0.2, 0) is 17.6 Å². The molecule has 1 aliphatic carbocycles. The van der Waals surface area contributed by atoms with Crippen LogP contribution in [-0.4, -0.2) is 36.6 Å². The van der Waals surface area contributed by atoms with Gasteiger partial charge in [0.1, 0.15) is 11.1 Å². The Bertz CT molecular complexity index is 693. The van der Waals surface area contributed by atoms with Gasteiger partial charge in [-0.2, -0.15) is 18.4 Å². The Morgan fingerprint density at radius 1 is 1.36 bits per heavy atom. The van der Waals surface area contributed by atoms with Gasteiger partial charge in [-0.1, -0.05) is 0 Å². The first-order chi connectivity index (χ1) is 11.9. The highest BCUT2D eigenvalue weighted by atomic mass is 32.1. The molecule has 1 amide bonds. The number of hydrogen-bond acceptors (Lipinski definition) is 4. The lowest BCUT2D eigenvalue weighted by Gasteiger charge is -2.33. The number of alkyl halides is 3. The first kappa shape index (κ1) is 18.2. The average molecular weight is 371 g/mol. The zero-order valence-electron chi connectivity index (χ0n) is 13.8. The van der Waals surface area contributed by atoms with Crippen LogP contribution in [0.25, 0.3) is 0 Å². The molecule has 2 heterocycles. The van der Waals surface area contributed by atoms with Gasteiger partial charge in [0, 0.05) is 24.4 Å². The number of nitrogens with zero attached hydrogens (tertiary/aromatic N) is 2. The number of carbonyl (C=O) groups is 1. The predicted octanol–water partition coefficient (Wildman–Crippen LogP) is 3.71. The number of nitrogens with one attached hydrogen (secondary N) is 1. The quantitative estimate of drug-likeness (QED) is 0.878. The fourth-order valence-electron chi connectivity index (χ4n) is 3.59. The lowest BCUT2D eigenvalue weighted by Crippen LogP contribution is -2.42. The van der Waals surface area contributed by atoms with E-state index in [9.17, 15) is 23.2 Å². The van der Waals surface area contributed by atoms with Crippen molar-refractivity contribution in [1.82, 2.24) is 4.90 Å². The highest BCUT2D eigenvalue weighted by molar-refractivity contribution is 7.16. The van der Waals surface area contributed by atoms with E-state index in [0.717, 1.165) is 29.7 Å². The molecule has 2 aliphatic rings. The Balaban J connectivity index is 1.53. The highest BCUT2D eigenvalue weighted by Gasteiger charge is 2.41. The lowest BCUT2D eigenvalue weighted by atomic mass is 9.97. The summed E-state index contributed by atoms with van der Waals surface area (Å²) in [6.45, 7) is 0.871. The molecule has 1 aliphatic heterocycles. The van der Waals surface area contributed by atoms with E-state index in [4.69, 9.17) is 0 Å². The number of fused-ring (bicyclic) bond motifs is 1. The number of nitriles is 1. The van der Waals surface area contributed by atoms with Crippen LogP contribution in [0, 0.1) is 17.2 Å². The minimum Gasteiger partial charge on any atom is -0.317 e. The maximum atomic E-state index is 12.8. The molecule has 1 fully saturated rings. The van der Waals surface area contributed by atoms with E-state index in [-0.39, 0.29) is 25.3 Å². The Labute approximate surface area is 148 Å². The van der Waals surface area contributed by atoms with Crippen LogP contribution in [0.15, 0.2) is 0 Å². The summed E-state index contributed by atoms with van der Waals surface area (Å²) in [6.07, 6.45) is -0.508. The summed E-state index contributed by atoms with van der Waals surface area (Å²) in [5.41, 5.74) is 1.60. The number of amides is 1. The molecular weight excluding hydrogens is 351 g/mol. The maximum Gasteiger partial charge on any atom is 0.393 e. The normalized spacial score (nSPS) is 21.0. The van der Waals surface area contributed by atoms with Crippen LogP contribution < -0.4 is 5.32 Å². The number of aryl methyl sites for hydroxylation is 1. The zero-order chi connectivity index (χ0) is 18.0. The molecule has 0 aromatic carbocycles. The number of anilines is 1. The number of rotatable bonds is 4. The molecule has 1 atom stereocenters. The van der Waals surface area contributed by atoms with Gasteiger partial charge in [0.25, 0.3) is 0 Å². The summed E-state index contributed by atoms with van der Waals surface area (Å²) < 4.78 is 38.5. The largest absolute Gasteiger partial charge is 0.393 e. The fraction of sp³-hybridized carbons (Fsp3) is 0.647. The highest BCUT2D eigenvalue weighted by Crippen LogP contribution is 2.38. The fourth-order valence-corrected chi connectivity index (χ4v) is 4.84. The summed E-state index contributed by atoms with van der Waals surface area (Å²) in [7, 11) is 0. The van der Waals surface area contributed by atoms with Crippen molar-refractivity contribution < 1.29 is 18.0 Å². The van der Waals surface area contributed by atoms with Crippen LogP contribution in [0.5, 0.6) is 0 Å². The molecule has 0 spiro atoms. The van der Waals surface area contributed by atoms with Crippen molar-refractivity contribution in [2.24, 2.45) is 5.92 Å². The van der Waals surface area contributed by atoms with E-state index < -0.39 is 12.1 Å². The molecular formula is C17H20F3N3OS. The van der Waals surface area contributed by atoms with Crippen LogP contribution in [0.1, 0.15) is 41.7 Å². The van der Waals surface area contributed by atoms with Crippen LogP contribution in [0.2, 0.25) is 0 Å². The summed E-state index contributed by atoms with van der Waals surface area (Å²) >= 11 is 1.45. The Hall–Kier alpha value is -1.59. The molecule has 1 unspecified atom stereocenters. The first-order valence-electron chi connectivity index (χ1n) is 8.52. The minimum absolute atomic E-state index is 0.0342. The van der Waals surface area contributed by atoms with Gasteiger partial charge in [0.2, 0.25) is 5.91 Å². The van der Waals surface area contributed by atoms with E-state index >= 15 is 0 Å². The third-order valence-corrected chi connectivity index (χ3v) is 6.12. The molecule has 0 radical (unpaired) electrons. The second kappa shape index (κ2) is 7.34. The summed E-state index contributed by atoms with van der Waals surface area (Å²) in [5.74, 6) is -1.54. The third-order valence-electron chi connectivity index (χ3n) is 4.91. The summed E-state index contributed by atoms with van der Waals surface area (Å²) in [5, 5.41) is 12.7. The number of halogens is 3. The zero-order valence-corrected chi connectivity index (χ0v) is 14.6. The minimum atomic E-state index is -4.17. The SMILES string of the molecule is N#Cc1c(NC(=O)CCN2CCCC(C(F)(F)F)C2)sc2c1CCC2. The van der Waals surface area contributed by atoms with Crippen molar-refractivity contribution in [1.29, 1.82) is 5.26 Å². The van der Waals surface area contributed by atoms with E-state index in [2.05, 4.69) is 11.4 Å². The van der Waals surface area contributed by atoms with Gasteiger partial charge in [-0.25, -0.2) is 0 Å². The van der Waals surface area contributed by atoms with Crippen LogP contribution >= 0.6 is 11.3 Å². The molecule has 1 aromatic rings. The standard InChI is InChI=1S/C17H20F3N3OS/c18-17(19,20)11-3-2-7-23(10-11)8-6-15(24)22-16-13(9-21)12-4-1-5-14(12)25-16/h11H,1-8,10H2,(H,22,24). The van der Waals surface area contributed by atoms with Crippen LogP contribution in [0.4, 0.5) is 18.2 Å². The maximum absolute atomic E-state index is 12.8. The number of thiophene rings is 1. The molecule has 8 heteroatoms. The van der Waals surface area contributed by atoms with E-state index in [0.29, 0.717) is 30.1 Å². The van der Waals surface area contributed by atoms with E-state index in [1.807, 2.05) is 0 Å². The van der Waals surface area contributed by atoms with Gasteiger partial charge in [0.15, 0.2) is 0 Å². The second-order valence-electron chi connectivity index (χ2n) is 6.65. The summed E-state index contributed by atoms with van der Waals surface area (Å²) in [6, 6.07) is 2.17. The van der Waals surface area contributed by atoms with Crippen molar-refractivity contribution in [2.45, 2.75) is 44.7 Å². The van der Waals surface area contributed by atoms with Crippen LogP contribution in [0.3, 0.4) is 0 Å². The molecule has 4 nitrogen and oxygen atoms in total. The Kier molecular flexibility index (Phi) is 5.35. The lowest BCUT2D eigenvalue weighted by molar-refractivity contribution is -0.186. The van der Waals surface area contributed by atoms with Gasteiger partial charge >= 0.3 is 6.18 Å². The molecule has 136 valence electrons. The number of piperidine rings is 1. The van der Waals surface area contributed by atoms with E-state index in [1.165, 1.54) is 11.3 Å². The molecule has 0 bridgehead atoms. The van der Waals surface area contributed by atoms with Crippen molar-refractivity contribution in [3.63, 3.8) is 0 Å². The number of hydrogen-bond donors (Lipinski definition) is 1. The molecule has 1 saturated heterocycles. The predicted molar refractivity (Wildman–Crippen MR) is 89.5 cm³/mol. The summed E-state index contributed by atoms with van der Waals surface area (Å²) in [4.78, 5) is 15.0. The Morgan fingerprint density at radius 3 is 2.88 bits per heavy atom. The smallest absolute Gasteiger partial charge is 0.317 e. The van der Waals surface area contributed by atoms with Crippen molar-refractivity contribution in [2.75, 3.05) is 25.0 Å². The monoisotopic (exact) mass is 371 g/mol. The number of likely N-dealkylation sites (tertiary alicyclic amines) is 1. The molecule has 0 saturated carbocycles. The first-order valence-corrected chi connectivity index (χ1v) is 9.33. The second-order valence-corrected chi connectivity index (χ2v) is 7.76. The Morgan fingerprint density at radius 2 is 2.16 bits per heavy atom. The van der Waals surface area contributed by atoms with Gasteiger partial charge < -0.3 is 10.2 Å². The average Bonchev–Trinajstić information content (AvgIpc) is 3.13. The van der Waals surface area contributed by atoms with Crippen molar-refractivity contribution in [3.8, 4) is 6.07 Å². The molecule has 25 heavy (non-hydrogen) atoms. The van der Waals surface area contributed by atoms with Gasteiger partial charge in [0.05, 0.1) is 11.5 Å².